The zero-order chi connectivity index (χ0) is 16.2. The molecule has 0 radical (unpaired) electrons. The molecule has 0 bridgehead atoms. The van der Waals surface area contributed by atoms with Crippen molar-refractivity contribution in [2.45, 2.75) is 19.8 Å². The van der Waals surface area contributed by atoms with Crippen LogP contribution in [0.1, 0.15) is 28.8 Å². The van der Waals surface area contributed by atoms with Crippen molar-refractivity contribution in [2.75, 3.05) is 50.8 Å². The molecule has 0 aliphatic carbocycles. The summed E-state index contributed by atoms with van der Waals surface area (Å²) in [5, 5.41) is 9.28. The SMILES string of the molecule is Cc1ccc(N2CCC(CN3CCOCC3)CC2)cc1C(=O)O. The van der Waals surface area contributed by atoms with Gasteiger partial charge in [0.1, 0.15) is 0 Å². The van der Waals surface area contributed by atoms with E-state index in [1.165, 1.54) is 19.4 Å². The maximum absolute atomic E-state index is 11.3. The Balaban J connectivity index is 1.56. The predicted molar refractivity (Wildman–Crippen MR) is 90.3 cm³/mol. The van der Waals surface area contributed by atoms with E-state index in [2.05, 4.69) is 9.80 Å². The van der Waals surface area contributed by atoms with Crippen LogP contribution in [0.5, 0.6) is 0 Å². The molecule has 2 saturated heterocycles. The minimum Gasteiger partial charge on any atom is -0.478 e. The van der Waals surface area contributed by atoms with Crippen LogP contribution in [0.4, 0.5) is 5.69 Å². The Morgan fingerprint density at radius 3 is 2.57 bits per heavy atom. The molecular weight excluding hydrogens is 292 g/mol. The van der Waals surface area contributed by atoms with Gasteiger partial charge in [-0.2, -0.15) is 0 Å². The summed E-state index contributed by atoms with van der Waals surface area (Å²) in [5.41, 5.74) is 2.28. The number of aryl methyl sites for hydroxylation is 1. The van der Waals surface area contributed by atoms with E-state index in [0.717, 1.165) is 56.6 Å². The lowest BCUT2D eigenvalue weighted by Crippen LogP contribution is -2.42. The number of carbonyl (C=O) groups is 1. The number of piperidine rings is 1. The summed E-state index contributed by atoms with van der Waals surface area (Å²) in [6.45, 7) is 8.88. The monoisotopic (exact) mass is 318 g/mol. The van der Waals surface area contributed by atoms with Crippen molar-refractivity contribution in [2.24, 2.45) is 5.92 Å². The van der Waals surface area contributed by atoms with E-state index in [0.29, 0.717) is 5.56 Å². The number of nitrogens with zero attached hydrogens (tertiary/aromatic N) is 2. The number of hydrogen-bond donors (Lipinski definition) is 1. The van der Waals surface area contributed by atoms with Gasteiger partial charge in [0.2, 0.25) is 0 Å². The van der Waals surface area contributed by atoms with E-state index in [9.17, 15) is 9.90 Å². The molecule has 0 spiro atoms. The molecule has 1 aromatic carbocycles. The van der Waals surface area contributed by atoms with E-state index in [4.69, 9.17) is 4.74 Å². The molecule has 0 unspecified atom stereocenters. The highest BCUT2D eigenvalue weighted by Gasteiger charge is 2.23. The zero-order valence-electron chi connectivity index (χ0n) is 13.8. The molecule has 3 rings (SSSR count). The zero-order valence-corrected chi connectivity index (χ0v) is 13.8. The van der Waals surface area contributed by atoms with Gasteiger partial charge in [-0.15, -0.1) is 0 Å². The second-order valence-electron chi connectivity index (χ2n) is 6.65. The fourth-order valence-electron chi connectivity index (χ4n) is 3.56. The second kappa shape index (κ2) is 7.32. The Morgan fingerprint density at radius 2 is 1.91 bits per heavy atom. The van der Waals surface area contributed by atoms with Crippen LogP contribution in [0.25, 0.3) is 0 Å². The average Bonchev–Trinajstić information content (AvgIpc) is 2.57. The molecule has 1 N–H and O–H groups in total. The van der Waals surface area contributed by atoms with Crippen molar-refractivity contribution in [1.82, 2.24) is 4.90 Å². The van der Waals surface area contributed by atoms with Gasteiger partial charge in [0.25, 0.3) is 0 Å². The molecule has 126 valence electrons. The van der Waals surface area contributed by atoms with Crippen LogP contribution in [0.3, 0.4) is 0 Å². The third kappa shape index (κ3) is 4.03. The first-order chi connectivity index (χ1) is 11.1. The van der Waals surface area contributed by atoms with Crippen molar-refractivity contribution < 1.29 is 14.6 Å². The summed E-state index contributed by atoms with van der Waals surface area (Å²) in [6.07, 6.45) is 2.35. The van der Waals surface area contributed by atoms with Gasteiger partial charge >= 0.3 is 5.97 Å². The van der Waals surface area contributed by atoms with Crippen LogP contribution in [0.2, 0.25) is 0 Å². The quantitative estimate of drug-likeness (QED) is 0.923. The highest BCUT2D eigenvalue weighted by molar-refractivity contribution is 5.90. The molecular formula is C18H26N2O3. The number of carboxylic acids is 1. The van der Waals surface area contributed by atoms with Crippen LogP contribution >= 0.6 is 0 Å². The van der Waals surface area contributed by atoms with Crippen molar-refractivity contribution >= 4 is 11.7 Å². The number of rotatable bonds is 4. The highest BCUT2D eigenvalue weighted by Crippen LogP contribution is 2.26. The van der Waals surface area contributed by atoms with E-state index in [1.54, 1.807) is 0 Å². The number of benzene rings is 1. The Labute approximate surface area is 137 Å². The van der Waals surface area contributed by atoms with Crippen LogP contribution in [-0.2, 0) is 4.74 Å². The summed E-state index contributed by atoms with van der Waals surface area (Å²) in [4.78, 5) is 16.1. The minimum atomic E-state index is -0.841. The lowest BCUT2D eigenvalue weighted by atomic mass is 9.95. The van der Waals surface area contributed by atoms with E-state index in [-0.39, 0.29) is 0 Å². The summed E-state index contributed by atoms with van der Waals surface area (Å²) >= 11 is 0. The van der Waals surface area contributed by atoms with Gasteiger partial charge < -0.3 is 14.7 Å². The number of carboxylic acid groups (broad SMARTS) is 1. The number of aromatic carboxylic acids is 1. The van der Waals surface area contributed by atoms with Gasteiger partial charge in [-0.3, -0.25) is 4.90 Å². The largest absolute Gasteiger partial charge is 0.478 e. The molecule has 0 atom stereocenters. The van der Waals surface area contributed by atoms with Crippen molar-refractivity contribution in [3.05, 3.63) is 29.3 Å². The maximum atomic E-state index is 11.3. The van der Waals surface area contributed by atoms with Gasteiger partial charge in [0.15, 0.2) is 0 Å². The molecule has 2 fully saturated rings. The van der Waals surface area contributed by atoms with Crippen LogP contribution in [0, 0.1) is 12.8 Å². The van der Waals surface area contributed by atoms with Crippen LogP contribution in [0.15, 0.2) is 18.2 Å². The van der Waals surface area contributed by atoms with E-state index >= 15 is 0 Å². The fourth-order valence-corrected chi connectivity index (χ4v) is 3.56. The number of hydrogen-bond acceptors (Lipinski definition) is 4. The third-order valence-corrected chi connectivity index (χ3v) is 5.05. The van der Waals surface area contributed by atoms with E-state index < -0.39 is 5.97 Å². The first kappa shape index (κ1) is 16.3. The van der Waals surface area contributed by atoms with Crippen LogP contribution in [-0.4, -0.2) is 61.9 Å². The standard InChI is InChI=1S/C18H26N2O3/c1-14-2-3-16(12-17(14)18(21)22)20-6-4-15(5-7-20)13-19-8-10-23-11-9-19/h2-3,12,15H,4-11,13H2,1H3,(H,21,22). The normalized spacial score (nSPS) is 20.7. The molecule has 0 aromatic heterocycles. The number of anilines is 1. The molecule has 0 amide bonds. The van der Waals surface area contributed by atoms with E-state index in [1.807, 2.05) is 25.1 Å². The molecule has 5 heteroatoms. The lowest BCUT2D eigenvalue weighted by Gasteiger charge is -2.37. The molecule has 2 aliphatic rings. The number of ether oxygens (including phenoxy) is 1. The summed E-state index contributed by atoms with van der Waals surface area (Å²) in [5.74, 6) is -0.0969. The molecule has 2 aliphatic heterocycles. The summed E-state index contributed by atoms with van der Waals surface area (Å²) < 4.78 is 5.41. The Hall–Kier alpha value is -1.59. The van der Waals surface area contributed by atoms with Crippen LogP contribution < -0.4 is 4.90 Å². The minimum absolute atomic E-state index is 0.415. The molecule has 23 heavy (non-hydrogen) atoms. The first-order valence-electron chi connectivity index (χ1n) is 8.52. The molecule has 1 aromatic rings. The van der Waals surface area contributed by atoms with Gasteiger partial charge in [0.05, 0.1) is 18.8 Å². The Morgan fingerprint density at radius 1 is 1.22 bits per heavy atom. The van der Waals surface area contributed by atoms with Crippen molar-refractivity contribution in [1.29, 1.82) is 0 Å². The van der Waals surface area contributed by atoms with Gasteiger partial charge in [-0.05, 0) is 43.4 Å². The molecule has 0 saturated carbocycles. The van der Waals surface area contributed by atoms with Gasteiger partial charge in [-0.1, -0.05) is 6.07 Å². The maximum Gasteiger partial charge on any atom is 0.336 e. The topological polar surface area (TPSA) is 53.0 Å². The Bertz CT molecular complexity index is 547. The second-order valence-corrected chi connectivity index (χ2v) is 6.65. The first-order valence-corrected chi connectivity index (χ1v) is 8.52. The fraction of sp³-hybridized carbons (Fsp3) is 0.611. The Kier molecular flexibility index (Phi) is 5.18. The van der Waals surface area contributed by atoms with Gasteiger partial charge in [-0.25, -0.2) is 4.79 Å². The highest BCUT2D eigenvalue weighted by atomic mass is 16.5. The summed E-state index contributed by atoms with van der Waals surface area (Å²) in [6, 6.07) is 5.78. The predicted octanol–water partition coefficient (Wildman–Crippen LogP) is 2.24. The molecule has 2 heterocycles. The van der Waals surface area contributed by atoms with Crippen molar-refractivity contribution in [3.8, 4) is 0 Å². The lowest BCUT2D eigenvalue weighted by molar-refractivity contribution is 0.0289. The number of morpholine rings is 1. The third-order valence-electron chi connectivity index (χ3n) is 5.05. The smallest absolute Gasteiger partial charge is 0.336 e. The van der Waals surface area contributed by atoms with Gasteiger partial charge in [0, 0.05) is 38.4 Å². The molecule has 5 nitrogen and oxygen atoms in total. The average molecular weight is 318 g/mol. The summed E-state index contributed by atoms with van der Waals surface area (Å²) in [7, 11) is 0. The van der Waals surface area contributed by atoms with Crippen molar-refractivity contribution in [3.63, 3.8) is 0 Å².